The molecule has 118 valence electrons. The number of nitrogen functional groups attached to an aromatic ring is 1. The predicted octanol–water partition coefficient (Wildman–Crippen LogP) is 1.16. The number of benzene rings is 1. The molecule has 1 rings (SSSR count). The molecule has 0 aliphatic carbocycles. The number of carbonyl (C=O) groups is 1. The summed E-state index contributed by atoms with van der Waals surface area (Å²) in [6.07, 6.45) is 0.0717. The Bertz CT molecular complexity index is 619. The standard InChI is InChI=1S/C14H23N3O3S/c1-10-5-6-12(11(15)9-10)21(19,20)16-8-7-13(18)17-14(2,3)4/h5-6,9,16H,7-8,15H2,1-4H3,(H,17,18). The molecule has 1 aromatic rings. The van der Waals surface area contributed by atoms with E-state index in [1.165, 1.54) is 6.07 Å². The second kappa shape index (κ2) is 6.44. The highest BCUT2D eigenvalue weighted by Crippen LogP contribution is 2.19. The maximum Gasteiger partial charge on any atom is 0.242 e. The van der Waals surface area contributed by atoms with E-state index >= 15 is 0 Å². The van der Waals surface area contributed by atoms with E-state index in [0.29, 0.717) is 0 Å². The van der Waals surface area contributed by atoms with E-state index < -0.39 is 10.0 Å². The summed E-state index contributed by atoms with van der Waals surface area (Å²) in [7, 11) is -3.70. The first-order valence-corrected chi connectivity index (χ1v) is 8.16. The molecule has 0 aromatic heterocycles. The normalized spacial score (nSPS) is 12.2. The summed E-state index contributed by atoms with van der Waals surface area (Å²) in [6.45, 7) is 7.45. The van der Waals surface area contributed by atoms with Gasteiger partial charge < -0.3 is 11.1 Å². The minimum atomic E-state index is -3.70. The van der Waals surface area contributed by atoms with Gasteiger partial charge in [-0.2, -0.15) is 0 Å². The van der Waals surface area contributed by atoms with Crippen molar-refractivity contribution in [3.05, 3.63) is 23.8 Å². The van der Waals surface area contributed by atoms with Crippen molar-refractivity contribution in [2.75, 3.05) is 12.3 Å². The zero-order chi connectivity index (χ0) is 16.3. The Balaban J connectivity index is 2.64. The highest BCUT2D eigenvalue weighted by Gasteiger charge is 2.18. The quantitative estimate of drug-likeness (QED) is 0.710. The van der Waals surface area contributed by atoms with Crippen molar-refractivity contribution < 1.29 is 13.2 Å². The molecular weight excluding hydrogens is 290 g/mol. The minimum absolute atomic E-state index is 0.0254. The summed E-state index contributed by atoms with van der Waals surface area (Å²) in [5.41, 5.74) is 6.47. The van der Waals surface area contributed by atoms with Crippen LogP contribution in [-0.4, -0.2) is 26.4 Å². The first-order valence-electron chi connectivity index (χ1n) is 6.68. The topological polar surface area (TPSA) is 101 Å². The average molecular weight is 313 g/mol. The fourth-order valence-electron chi connectivity index (χ4n) is 1.77. The number of nitrogens with two attached hydrogens (primary N) is 1. The molecule has 0 atom stereocenters. The molecule has 1 amide bonds. The largest absolute Gasteiger partial charge is 0.398 e. The predicted molar refractivity (Wildman–Crippen MR) is 83.3 cm³/mol. The molecule has 0 unspecified atom stereocenters. The van der Waals surface area contributed by atoms with Gasteiger partial charge in [0, 0.05) is 18.5 Å². The van der Waals surface area contributed by atoms with Crippen LogP contribution in [0.5, 0.6) is 0 Å². The van der Waals surface area contributed by atoms with Crippen molar-refractivity contribution in [2.45, 2.75) is 44.6 Å². The number of sulfonamides is 1. The van der Waals surface area contributed by atoms with E-state index in [2.05, 4.69) is 10.0 Å². The SMILES string of the molecule is Cc1ccc(S(=O)(=O)NCCC(=O)NC(C)(C)C)c(N)c1. The lowest BCUT2D eigenvalue weighted by Crippen LogP contribution is -2.42. The molecular formula is C14H23N3O3S. The zero-order valence-electron chi connectivity index (χ0n) is 12.9. The minimum Gasteiger partial charge on any atom is -0.398 e. The van der Waals surface area contributed by atoms with Gasteiger partial charge in [-0.05, 0) is 45.4 Å². The lowest BCUT2D eigenvalue weighted by Gasteiger charge is -2.20. The van der Waals surface area contributed by atoms with Gasteiger partial charge in [0.25, 0.3) is 0 Å². The maximum atomic E-state index is 12.1. The van der Waals surface area contributed by atoms with Gasteiger partial charge >= 0.3 is 0 Å². The molecule has 0 radical (unpaired) electrons. The van der Waals surface area contributed by atoms with Gasteiger partial charge in [0.2, 0.25) is 15.9 Å². The molecule has 0 spiro atoms. The molecule has 0 aliphatic rings. The summed E-state index contributed by atoms with van der Waals surface area (Å²) < 4.78 is 26.6. The number of aryl methyl sites for hydroxylation is 1. The molecule has 1 aromatic carbocycles. The van der Waals surface area contributed by atoms with Gasteiger partial charge in [-0.15, -0.1) is 0 Å². The number of carbonyl (C=O) groups excluding carboxylic acids is 1. The molecule has 0 saturated carbocycles. The number of anilines is 1. The fraction of sp³-hybridized carbons (Fsp3) is 0.500. The van der Waals surface area contributed by atoms with Crippen molar-refractivity contribution in [3.63, 3.8) is 0 Å². The third kappa shape index (κ3) is 5.73. The van der Waals surface area contributed by atoms with Crippen LogP contribution in [-0.2, 0) is 14.8 Å². The lowest BCUT2D eigenvalue weighted by atomic mass is 10.1. The second-order valence-corrected chi connectivity index (χ2v) is 7.72. The fourth-order valence-corrected chi connectivity index (χ4v) is 2.91. The Labute approximate surface area is 126 Å². The maximum absolute atomic E-state index is 12.1. The Kier molecular flexibility index (Phi) is 5.36. The summed E-state index contributed by atoms with van der Waals surface area (Å²) in [5.74, 6) is -0.206. The summed E-state index contributed by atoms with van der Waals surface area (Å²) in [5, 5.41) is 2.77. The molecule has 4 N–H and O–H groups in total. The number of hydrogen-bond donors (Lipinski definition) is 3. The molecule has 0 saturated heterocycles. The highest BCUT2D eigenvalue weighted by atomic mass is 32.2. The summed E-state index contributed by atoms with van der Waals surface area (Å²) >= 11 is 0. The van der Waals surface area contributed by atoms with E-state index in [9.17, 15) is 13.2 Å². The van der Waals surface area contributed by atoms with Crippen molar-refractivity contribution in [1.29, 1.82) is 0 Å². The number of rotatable bonds is 5. The first-order chi connectivity index (χ1) is 9.51. The highest BCUT2D eigenvalue weighted by molar-refractivity contribution is 7.89. The molecule has 0 fully saturated rings. The van der Waals surface area contributed by atoms with Crippen molar-refractivity contribution in [1.82, 2.24) is 10.0 Å². The van der Waals surface area contributed by atoms with Crippen LogP contribution in [0.3, 0.4) is 0 Å². The van der Waals surface area contributed by atoms with E-state index in [1.807, 2.05) is 27.7 Å². The van der Waals surface area contributed by atoms with E-state index in [1.54, 1.807) is 12.1 Å². The molecule has 21 heavy (non-hydrogen) atoms. The smallest absolute Gasteiger partial charge is 0.242 e. The van der Waals surface area contributed by atoms with Gasteiger partial charge in [-0.3, -0.25) is 4.79 Å². The number of nitrogens with one attached hydrogen (secondary N) is 2. The Hall–Kier alpha value is -1.60. The van der Waals surface area contributed by atoms with Crippen LogP contribution in [0.25, 0.3) is 0 Å². The number of amides is 1. The van der Waals surface area contributed by atoms with Crippen LogP contribution < -0.4 is 15.8 Å². The van der Waals surface area contributed by atoms with Crippen LogP contribution in [0.1, 0.15) is 32.8 Å². The number of hydrogen-bond acceptors (Lipinski definition) is 4. The summed E-state index contributed by atoms with van der Waals surface area (Å²) in [4.78, 5) is 11.7. The van der Waals surface area contributed by atoms with Gasteiger partial charge in [-0.25, -0.2) is 13.1 Å². The van der Waals surface area contributed by atoms with Gasteiger partial charge in [0.15, 0.2) is 0 Å². The van der Waals surface area contributed by atoms with Crippen molar-refractivity contribution >= 4 is 21.6 Å². The first kappa shape index (κ1) is 17.5. The summed E-state index contributed by atoms with van der Waals surface area (Å²) in [6, 6.07) is 4.74. The average Bonchev–Trinajstić information content (AvgIpc) is 2.25. The molecule has 0 bridgehead atoms. The zero-order valence-corrected chi connectivity index (χ0v) is 13.7. The lowest BCUT2D eigenvalue weighted by molar-refractivity contribution is -0.122. The molecule has 7 heteroatoms. The molecule has 0 aliphatic heterocycles. The monoisotopic (exact) mass is 313 g/mol. The van der Waals surface area contributed by atoms with Gasteiger partial charge in [-0.1, -0.05) is 6.07 Å². The third-order valence-corrected chi connectivity index (χ3v) is 4.15. The molecule has 6 nitrogen and oxygen atoms in total. The van der Waals surface area contributed by atoms with Crippen LogP contribution in [0, 0.1) is 6.92 Å². The van der Waals surface area contributed by atoms with Crippen LogP contribution >= 0.6 is 0 Å². The Morgan fingerprint density at radius 1 is 1.29 bits per heavy atom. The Morgan fingerprint density at radius 3 is 2.43 bits per heavy atom. The van der Waals surface area contributed by atoms with Gasteiger partial charge in [0.1, 0.15) is 4.90 Å². The van der Waals surface area contributed by atoms with Gasteiger partial charge in [0.05, 0.1) is 5.69 Å². The van der Waals surface area contributed by atoms with Crippen molar-refractivity contribution in [2.24, 2.45) is 0 Å². The van der Waals surface area contributed by atoms with Crippen LogP contribution in [0.4, 0.5) is 5.69 Å². The van der Waals surface area contributed by atoms with Crippen LogP contribution in [0.15, 0.2) is 23.1 Å². The van der Waals surface area contributed by atoms with Crippen LogP contribution in [0.2, 0.25) is 0 Å². The van der Waals surface area contributed by atoms with E-state index in [4.69, 9.17) is 5.73 Å². The third-order valence-electron chi connectivity index (χ3n) is 2.61. The van der Waals surface area contributed by atoms with Crippen molar-refractivity contribution in [3.8, 4) is 0 Å². The Morgan fingerprint density at radius 2 is 1.90 bits per heavy atom. The molecule has 0 heterocycles. The second-order valence-electron chi connectivity index (χ2n) is 5.99. The van der Waals surface area contributed by atoms with E-state index in [-0.39, 0.29) is 35.0 Å². The van der Waals surface area contributed by atoms with E-state index in [0.717, 1.165) is 5.56 Å².